The van der Waals surface area contributed by atoms with Gasteiger partial charge in [-0.05, 0) is 24.1 Å². The maximum atomic E-state index is 10.2. The second-order valence-corrected chi connectivity index (χ2v) is 3.27. The van der Waals surface area contributed by atoms with Gasteiger partial charge in [-0.2, -0.15) is 0 Å². The molecule has 0 aliphatic carbocycles. The molecule has 0 radical (unpaired) electrons. The summed E-state index contributed by atoms with van der Waals surface area (Å²) in [6.45, 7) is 4.54. The zero-order chi connectivity index (χ0) is 10.6. The average Bonchev–Trinajstić information content (AvgIpc) is 2.18. The van der Waals surface area contributed by atoms with Crippen molar-refractivity contribution >= 4 is 6.47 Å². The highest BCUT2D eigenvalue weighted by molar-refractivity contribution is 5.49. The lowest BCUT2D eigenvalue weighted by Gasteiger charge is -2.12. The van der Waals surface area contributed by atoms with E-state index in [2.05, 4.69) is 13.8 Å². The summed E-state index contributed by atoms with van der Waals surface area (Å²) in [7, 11) is 1.63. The lowest BCUT2D eigenvalue weighted by atomic mass is 10.0. The first-order valence-corrected chi connectivity index (χ1v) is 4.47. The molecule has 0 saturated carbocycles. The molecule has 0 bridgehead atoms. The van der Waals surface area contributed by atoms with E-state index in [1.807, 2.05) is 6.07 Å². The van der Waals surface area contributed by atoms with Crippen molar-refractivity contribution < 1.29 is 14.3 Å². The fourth-order valence-corrected chi connectivity index (χ4v) is 1.29. The highest BCUT2D eigenvalue weighted by atomic mass is 16.5. The van der Waals surface area contributed by atoms with E-state index in [4.69, 9.17) is 9.47 Å². The number of benzene rings is 1. The van der Waals surface area contributed by atoms with Crippen molar-refractivity contribution in [2.75, 3.05) is 7.11 Å². The number of ether oxygens (including phenoxy) is 2. The first-order valence-electron chi connectivity index (χ1n) is 4.47. The topological polar surface area (TPSA) is 35.5 Å². The summed E-state index contributed by atoms with van der Waals surface area (Å²) >= 11 is 0. The third-order valence-electron chi connectivity index (χ3n) is 2.01. The van der Waals surface area contributed by atoms with Crippen molar-refractivity contribution in [2.24, 2.45) is 0 Å². The summed E-state index contributed by atoms with van der Waals surface area (Å²) in [6.07, 6.45) is 0. The molecular formula is C11H14O3. The third kappa shape index (κ3) is 2.25. The average molecular weight is 194 g/mol. The fraction of sp³-hybridized carbons (Fsp3) is 0.364. The molecule has 0 aromatic heterocycles. The van der Waals surface area contributed by atoms with Crippen LogP contribution in [0.25, 0.3) is 0 Å². The summed E-state index contributed by atoms with van der Waals surface area (Å²) in [4.78, 5) is 10.2. The Bertz CT molecular complexity index is 318. The zero-order valence-corrected chi connectivity index (χ0v) is 8.61. The molecule has 76 valence electrons. The fourth-order valence-electron chi connectivity index (χ4n) is 1.29. The number of rotatable bonds is 4. The molecule has 0 saturated heterocycles. The Labute approximate surface area is 83.6 Å². The van der Waals surface area contributed by atoms with Crippen molar-refractivity contribution in [1.29, 1.82) is 0 Å². The van der Waals surface area contributed by atoms with Gasteiger partial charge in [-0.25, -0.2) is 0 Å². The van der Waals surface area contributed by atoms with Crippen LogP contribution >= 0.6 is 0 Å². The number of hydrogen-bond acceptors (Lipinski definition) is 3. The molecule has 1 rings (SSSR count). The molecule has 3 nitrogen and oxygen atoms in total. The number of hydrogen-bond donors (Lipinski definition) is 0. The molecule has 1 aromatic rings. The normalized spacial score (nSPS) is 10.0. The van der Waals surface area contributed by atoms with Crippen LogP contribution in [-0.4, -0.2) is 13.6 Å². The lowest BCUT2D eigenvalue weighted by molar-refractivity contribution is -0.120. The van der Waals surface area contributed by atoms with Crippen LogP contribution in [0.4, 0.5) is 0 Å². The molecule has 0 fully saturated rings. The Morgan fingerprint density at radius 3 is 2.57 bits per heavy atom. The Morgan fingerprint density at radius 2 is 2.07 bits per heavy atom. The van der Waals surface area contributed by atoms with E-state index >= 15 is 0 Å². The largest absolute Gasteiger partial charge is 0.496 e. The molecule has 0 spiro atoms. The van der Waals surface area contributed by atoms with Gasteiger partial charge < -0.3 is 9.47 Å². The summed E-state index contributed by atoms with van der Waals surface area (Å²) in [5.74, 6) is 1.70. The molecule has 0 unspecified atom stereocenters. The molecule has 0 aliphatic heterocycles. The molecule has 3 heteroatoms. The molecule has 0 N–H and O–H groups in total. The molecule has 0 heterocycles. The lowest BCUT2D eigenvalue weighted by Crippen LogP contribution is -1.96. The van der Waals surface area contributed by atoms with Gasteiger partial charge >= 0.3 is 0 Å². The SMILES string of the molecule is COc1ccc(OC=O)cc1C(C)C. The maximum absolute atomic E-state index is 10.2. The van der Waals surface area contributed by atoms with Crippen LogP contribution < -0.4 is 9.47 Å². The number of carbonyl (C=O) groups excluding carboxylic acids is 1. The minimum Gasteiger partial charge on any atom is -0.496 e. The van der Waals surface area contributed by atoms with E-state index in [1.165, 1.54) is 0 Å². The second-order valence-electron chi connectivity index (χ2n) is 3.27. The molecule has 14 heavy (non-hydrogen) atoms. The van der Waals surface area contributed by atoms with Crippen molar-refractivity contribution in [3.05, 3.63) is 23.8 Å². The van der Waals surface area contributed by atoms with Crippen LogP contribution in [0.3, 0.4) is 0 Å². The predicted molar refractivity (Wildman–Crippen MR) is 53.8 cm³/mol. The molecule has 0 aliphatic rings. The van der Waals surface area contributed by atoms with Crippen LogP contribution in [0.1, 0.15) is 25.3 Å². The van der Waals surface area contributed by atoms with Gasteiger partial charge in [0.05, 0.1) is 7.11 Å². The van der Waals surface area contributed by atoms with Crippen molar-refractivity contribution in [3.8, 4) is 11.5 Å². The molecule has 1 aromatic carbocycles. The minimum atomic E-state index is 0.333. The summed E-state index contributed by atoms with van der Waals surface area (Å²) < 4.78 is 9.96. The van der Waals surface area contributed by atoms with Gasteiger partial charge in [-0.3, -0.25) is 4.79 Å². The van der Waals surface area contributed by atoms with Gasteiger partial charge in [0, 0.05) is 5.56 Å². The summed E-state index contributed by atoms with van der Waals surface area (Å²) in [5.41, 5.74) is 1.03. The number of methoxy groups -OCH3 is 1. The first kappa shape index (κ1) is 10.6. The van der Waals surface area contributed by atoms with E-state index in [-0.39, 0.29) is 0 Å². The first-order chi connectivity index (χ1) is 6.69. The van der Waals surface area contributed by atoms with E-state index in [0.717, 1.165) is 11.3 Å². The Morgan fingerprint density at radius 1 is 1.36 bits per heavy atom. The van der Waals surface area contributed by atoms with Gasteiger partial charge in [0.2, 0.25) is 0 Å². The van der Waals surface area contributed by atoms with Gasteiger partial charge in [0.15, 0.2) is 0 Å². The van der Waals surface area contributed by atoms with Crippen LogP contribution in [0.2, 0.25) is 0 Å². The van der Waals surface area contributed by atoms with Crippen molar-refractivity contribution in [2.45, 2.75) is 19.8 Å². The van der Waals surface area contributed by atoms with Crippen LogP contribution in [0.15, 0.2) is 18.2 Å². The summed E-state index contributed by atoms with van der Waals surface area (Å²) in [6, 6.07) is 5.32. The minimum absolute atomic E-state index is 0.333. The Hall–Kier alpha value is -1.51. The van der Waals surface area contributed by atoms with Gasteiger partial charge in [-0.15, -0.1) is 0 Å². The van der Waals surface area contributed by atoms with Crippen molar-refractivity contribution in [1.82, 2.24) is 0 Å². The smallest absolute Gasteiger partial charge is 0.298 e. The highest BCUT2D eigenvalue weighted by Crippen LogP contribution is 2.29. The third-order valence-corrected chi connectivity index (χ3v) is 2.01. The van der Waals surface area contributed by atoms with Crippen molar-refractivity contribution in [3.63, 3.8) is 0 Å². The Kier molecular flexibility index (Phi) is 3.51. The molecule has 0 amide bonds. The van der Waals surface area contributed by atoms with Crippen LogP contribution in [-0.2, 0) is 4.79 Å². The van der Waals surface area contributed by atoms with Crippen LogP contribution in [0.5, 0.6) is 11.5 Å². The van der Waals surface area contributed by atoms with Gasteiger partial charge in [-0.1, -0.05) is 13.8 Å². The maximum Gasteiger partial charge on any atom is 0.298 e. The standard InChI is InChI=1S/C11H14O3/c1-8(2)10-6-9(14-7-12)4-5-11(10)13-3/h4-8H,1-3H3. The Balaban J connectivity index is 3.07. The highest BCUT2D eigenvalue weighted by Gasteiger charge is 2.08. The molecule has 0 atom stereocenters. The predicted octanol–water partition coefficient (Wildman–Crippen LogP) is 2.35. The second kappa shape index (κ2) is 4.65. The molecular weight excluding hydrogens is 180 g/mol. The van der Waals surface area contributed by atoms with Gasteiger partial charge in [0.1, 0.15) is 11.5 Å². The van der Waals surface area contributed by atoms with E-state index in [0.29, 0.717) is 18.1 Å². The van der Waals surface area contributed by atoms with E-state index in [1.54, 1.807) is 19.2 Å². The van der Waals surface area contributed by atoms with Crippen LogP contribution in [0, 0.1) is 0 Å². The zero-order valence-electron chi connectivity index (χ0n) is 8.61. The monoisotopic (exact) mass is 194 g/mol. The summed E-state index contributed by atoms with van der Waals surface area (Å²) in [5, 5.41) is 0. The van der Waals surface area contributed by atoms with Gasteiger partial charge in [0.25, 0.3) is 6.47 Å². The van der Waals surface area contributed by atoms with E-state index < -0.39 is 0 Å². The van der Waals surface area contributed by atoms with E-state index in [9.17, 15) is 4.79 Å². The number of carbonyl (C=O) groups is 1. The quantitative estimate of drug-likeness (QED) is 0.690.